The molecule has 0 aliphatic heterocycles. The summed E-state index contributed by atoms with van der Waals surface area (Å²) in [6.07, 6.45) is 5.13. The van der Waals surface area contributed by atoms with Gasteiger partial charge >= 0.3 is 5.69 Å². The largest absolute Gasteiger partial charge is 0.331 e. The number of anilines is 1. The van der Waals surface area contributed by atoms with Crippen LogP contribution in [0.25, 0.3) is 0 Å². The van der Waals surface area contributed by atoms with Gasteiger partial charge in [0.05, 0.1) is 10.4 Å². The molecule has 3 aromatic rings. The van der Waals surface area contributed by atoms with Crippen molar-refractivity contribution in [2.75, 3.05) is 5.32 Å². The van der Waals surface area contributed by atoms with Gasteiger partial charge in [-0.15, -0.1) is 22.7 Å². The second-order valence-electron chi connectivity index (χ2n) is 6.89. The molecule has 0 spiro atoms. The molecule has 0 radical (unpaired) electrons. The fourth-order valence-electron chi connectivity index (χ4n) is 3.48. The lowest BCUT2D eigenvalue weighted by molar-refractivity contribution is -0.116. The van der Waals surface area contributed by atoms with E-state index in [-0.39, 0.29) is 12.3 Å². The van der Waals surface area contributed by atoms with Crippen LogP contribution in [0.3, 0.4) is 0 Å². The van der Waals surface area contributed by atoms with Crippen LogP contribution in [0.1, 0.15) is 38.5 Å². The summed E-state index contributed by atoms with van der Waals surface area (Å²) in [5.74, 6) is -0.487. The quantitative estimate of drug-likeness (QED) is 0.631. The Bertz CT molecular complexity index is 1200. The number of hydrogen-bond donors (Lipinski definition) is 1. The molecule has 1 amide bonds. The Labute approximate surface area is 174 Å². The molecule has 0 atom stereocenters. The Kier molecular flexibility index (Phi) is 5.33. The van der Waals surface area contributed by atoms with Gasteiger partial charge < -0.3 is 5.32 Å². The van der Waals surface area contributed by atoms with Crippen molar-refractivity contribution in [3.8, 4) is 0 Å². The number of rotatable bonds is 5. The summed E-state index contributed by atoms with van der Waals surface area (Å²) in [4.78, 5) is 51.2. The molecule has 0 aromatic carbocycles. The second kappa shape index (κ2) is 7.92. The molecule has 1 aliphatic rings. The molecular formula is C20H19N3O4S2. The highest BCUT2D eigenvalue weighted by atomic mass is 32.1. The summed E-state index contributed by atoms with van der Waals surface area (Å²) >= 11 is 2.83. The van der Waals surface area contributed by atoms with Crippen LogP contribution >= 0.6 is 22.7 Å². The normalized spacial score (nSPS) is 13.1. The second-order valence-corrected chi connectivity index (χ2v) is 8.95. The minimum absolute atomic E-state index is 0.0750. The van der Waals surface area contributed by atoms with Gasteiger partial charge in [-0.3, -0.25) is 23.5 Å². The maximum Gasteiger partial charge on any atom is 0.331 e. The van der Waals surface area contributed by atoms with Crippen molar-refractivity contribution >= 4 is 39.4 Å². The summed E-state index contributed by atoms with van der Waals surface area (Å²) in [5.41, 5.74) is 0.622. The van der Waals surface area contributed by atoms with Crippen molar-refractivity contribution in [3.63, 3.8) is 0 Å². The number of carbonyl (C=O) groups is 2. The molecule has 7 nitrogen and oxygen atoms in total. The van der Waals surface area contributed by atoms with Gasteiger partial charge in [-0.25, -0.2) is 4.79 Å². The van der Waals surface area contributed by atoms with Gasteiger partial charge in [0.1, 0.15) is 11.5 Å². The number of aryl methyl sites for hydroxylation is 1. The topological polar surface area (TPSA) is 90.2 Å². The predicted octanol–water partition coefficient (Wildman–Crippen LogP) is 2.42. The Morgan fingerprint density at radius 3 is 2.72 bits per heavy atom. The average Bonchev–Trinajstić information content (AvgIpc) is 3.36. The molecule has 1 aliphatic carbocycles. The standard InChI is InChI=1S/C20H19N3O4S2/c1-22-16(25)8-9-23(20(22)27)11-15(24)21-19-17(18(26)14-7-4-10-28-14)12-5-2-3-6-13(12)29-19/h4,7-10H,2-3,5-6,11H2,1H3,(H,21,24). The fraction of sp³-hybridized carbons (Fsp3) is 0.300. The third-order valence-electron chi connectivity index (χ3n) is 4.97. The first-order valence-electron chi connectivity index (χ1n) is 9.25. The van der Waals surface area contributed by atoms with E-state index in [0.29, 0.717) is 15.4 Å². The van der Waals surface area contributed by atoms with Crippen LogP contribution in [0.5, 0.6) is 0 Å². The van der Waals surface area contributed by atoms with Crippen molar-refractivity contribution in [1.82, 2.24) is 9.13 Å². The lowest BCUT2D eigenvalue weighted by atomic mass is 9.93. The van der Waals surface area contributed by atoms with Crippen LogP contribution in [0.4, 0.5) is 5.00 Å². The molecule has 0 bridgehead atoms. The lowest BCUT2D eigenvalue weighted by Gasteiger charge is -2.12. The monoisotopic (exact) mass is 429 g/mol. The van der Waals surface area contributed by atoms with Crippen LogP contribution in [-0.4, -0.2) is 20.8 Å². The zero-order valence-electron chi connectivity index (χ0n) is 15.8. The Morgan fingerprint density at radius 1 is 1.17 bits per heavy atom. The Hall–Kier alpha value is -2.78. The van der Waals surface area contributed by atoms with Gasteiger partial charge in [-0.1, -0.05) is 6.07 Å². The van der Waals surface area contributed by atoms with Gasteiger partial charge in [-0.05, 0) is 42.7 Å². The number of hydrogen-bond acceptors (Lipinski definition) is 6. The van der Waals surface area contributed by atoms with E-state index in [1.807, 2.05) is 11.4 Å². The van der Waals surface area contributed by atoms with E-state index in [9.17, 15) is 19.2 Å². The summed E-state index contributed by atoms with van der Waals surface area (Å²) in [5, 5.41) is 5.23. The van der Waals surface area contributed by atoms with Gasteiger partial charge in [0.25, 0.3) is 5.56 Å². The number of carbonyl (C=O) groups excluding carboxylic acids is 2. The van der Waals surface area contributed by atoms with Crippen molar-refractivity contribution in [1.29, 1.82) is 0 Å². The average molecular weight is 430 g/mol. The van der Waals surface area contributed by atoms with Crippen molar-refractivity contribution in [2.45, 2.75) is 32.2 Å². The number of aromatic nitrogens is 2. The smallest absolute Gasteiger partial charge is 0.316 e. The number of amides is 1. The number of nitrogens with one attached hydrogen (secondary N) is 1. The Balaban J connectivity index is 1.65. The van der Waals surface area contributed by atoms with E-state index in [1.165, 1.54) is 46.6 Å². The van der Waals surface area contributed by atoms with Gasteiger partial charge in [0.15, 0.2) is 0 Å². The third kappa shape index (κ3) is 3.75. The summed E-state index contributed by atoms with van der Waals surface area (Å²) in [6, 6.07) is 4.86. The highest BCUT2D eigenvalue weighted by Gasteiger charge is 2.27. The van der Waals surface area contributed by atoms with E-state index >= 15 is 0 Å². The number of ketones is 1. The maximum atomic E-state index is 13.1. The number of nitrogens with zero attached hydrogens (tertiary/aromatic N) is 2. The van der Waals surface area contributed by atoms with Crippen LogP contribution in [0.2, 0.25) is 0 Å². The highest BCUT2D eigenvalue weighted by Crippen LogP contribution is 2.39. The fourth-order valence-corrected chi connectivity index (χ4v) is 5.46. The summed E-state index contributed by atoms with van der Waals surface area (Å²) < 4.78 is 2.12. The van der Waals surface area contributed by atoms with Crippen LogP contribution in [0, 0.1) is 0 Å². The molecule has 29 heavy (non-hydrogen) atoms. The first-order valence-corrected chi connectivity index (χ1v) is 10.9. The molecule has 4 rings (SSSR count). The van der Waals surface area contributed by atoms with Gasteiger partial charge in [0.2, 0.25) is 11.7 Å². The first-order chi connectivity index (χ1) is 14.0. The summed E-state index contributed by atoms with van der Waals surface area (Å²) in [6.45, 7) is -0.234. The molecule has 1 N–H and O–H groups in total. The highest BCUT2D eigenvalue weighted by molar-refractivity contribution is 7.17. The van der Waals surface area contributed by atoms with E-state index in [0.717, 1.165) is 40.7 Å². The zero-order valence-corrected chi connectivity index (χ0v) is 17.4. The van der Waals surface area contributed by atoms with E-state index in [2.05, 4.69) is 5.32 Å². The van der Waals surface area contributed by atoms with Crippen molar-refractivity contribution in [3.05, 3.63) is 71.5 Å². The van der Waals surface area contributed by atoms with E-state index < -0.39 is 17.2 Å². The van der Waals surface area contributed by atoms with Gasteiger partial charge in [0, 0.05) is 24.2 Å². The molecule has 0 saturated carbocycles. The SMILES string of the molecule is Cn1c(=O)ccn(CC(=O)Nc2sc3c(c2C(=O)c2cccs2)CCCC3)c1=O. The first kappa shape index (κ1) is 19.5. The zero-order chi connectivity index (χ0) is 20.5. The maximum absolute atomic E-state index is 13.1. The molecule has 150 valence electrons. The molecule has 0 unspecified atom stereocenters. The van der Waals surface area contributed by atoms with E-state index in [1.54, 1.807) is 6.07 Å². The van der Waals surface area contributed by atoms with E-state index in [4.69, 9.17) is 0 Å². The number of fused-ring (bicyclic) bond motifs is 1. The molecular weight excluding hydrogens is 410 g/mol. The lowest BCUT2D eigenvalue weighted by Crippen LogP contribution is -2.39. The molecule has 9 heteroatoms. The van der Waals surface area contributed by atoms with Crippen molar-refractivity contribution in [2.24, 2.45) is 7.05 Å². The Morgan fingerprint density at radius 2 is 1.97 bits per heavy atom. The molecule has 0 fully saturated rings. The predicted molar refractivity (Wildman–Crippen MR) is 113 cm³/mol. The van der Waals surface area contributed by atoms with Crippen LogP contribution in [0.15, 0.2) is 39.4 Å². The molecule has 3 aromatic heterocycles. The minimum Gasteiger partial charge on any atom is -0.316 e. The van der Waals surface area contributed by atoms with Crippen LogP contribution in [-0.2, 0) is 31.2 Å². The minimum atomic E-state index is -0.562. The van der Waals surface area contributed by atoms with Crippen molar-refractivity contribution < 1.29 is 9.59 Å². The van der Waals surface area contributed by atoms with Gasteiger partial charge in [-0.2, -0.15) is 0 Å². The molecule has 0 saturated heterocycles. The van der Waals surface area contributed by atoms with Crippen LogP contribution < -0.4 is 16.6 Å². The number of thiophene rings is 2. The summed E-state index contributed by atoms with van der Waals surface area (Å²) in [7, 11) is 1.37. The third-order valence-corrected chi connectivity index (χ3v) is 7.05. The molecule has 3 heterocycles.